The first-order chi connectivity index (χ1) is 12.2. The molecule has 2 unspecified atom stereocenters. The normalized spacial score (nSPS) is 22.3. The highest BCUT2D eigenvalue weighted by Gasteiger charge is 2.50. The molecule has 26 heavy (non-hydrogen) atoms. The molecule has 2 aromatic carbocycles. The Morgan fingerprint density at radius 2 is 1.73 bits per heavy atom. The molecule has 136 valence electrons. The van der Waals surface area contributed by atoms with E-state index in [0.29, 0.717) is 6.42 Å². The number of nitrogens with zero attached hydrogens (tertiary/aromatic N) is 1. The lowest BCUT2D eigenvalue weighted by Crippen LogP contribution is -2.56. The maximum Gasteiger partial charge on any atom is 0.238 e. The molecule has 4 heteroatoms. The van der Waals surface area contributed by atoms with E-state index >= 15 is 0 Å². The van der Waals surface area contributed by atoms with Gasteiger partial charge in [0.2, 0.25) is 5.91 Å². The number of amides is 1. The van der Waals surface area contributed by atoms with Crippen molar-refractivity contribution in [1.82, 2.24) is 0 Å². The standard InChI is InChI=1S/C22H25NO3/c1-14-9-5-7-11-17(14)23-15(2)13-22(3,4)19(21(23)26)20(25)16-10-6-8-12-18(16)24/h5-12,15,19,24H,13H2,1-4H3. The van der Waals surface area contributed by atoms with Gasteiger partial charge in [-0.15, -0.1) is 0 Å². The van der Waals surface area contributed by atoms with Crippen LogP contribution in [0.4, 0.5) is 5.69 Å². The Morgan fingerprint density at radius 1 is 1.12 bits per heavy atom. The van der Waals surface area contributed by atoms with Gasteiger partial charge in [-0.25, -0.2) is 0 Å². The largest absolute Gasteiger partial charge is 0.507 e. The Morgan fingerprint density at radius 3 is 2.38 bits per heavy atom. The number of phenols is 1. The average Bonchev–Trinajstić information content (AvgIpc) is 2.55. The van der Waals surface area contributed by atoms with Gasteiger partial charge in [-0.1, -0.05) is 44.2 Å². The summed E-state index contributed by atoms with van der Waals surface area (Å²) in [5, 5.41) is 10.1. The second kappa shape index (κ2) is 6.60. The summed E-state index contributed by atoms with van der Waals surface area (Å²) < 4.78 is 0. The molecule has 1 fully saturated rings. The van der Waals surface area contributed by atoms with Crippen LogP contribution < -0.4 is 4.90 Å². The summed E-state index contributed by atoms with van der Waals surface area (Å²) in [5.41, 5.74) is 1.56. The summed E-state index contributed by atoms with van der Waals surface area (Å²) in [6.07, 6.45) is 0.705. The van der Waals surface area contributed by atoms with Crippen molar-refractivity contribution < 1.29 is 14.7 Å². The SMILES string of the molecule is Cc1ccccc1N1C(=O)C(C(=O)c2ccccc2O)C(C)(C)CC1C. The van der Waals surface area contributed by atoms with Crippen LogP contribution in [-0.2, 0) is 4.79 Å². The highest BCUT2D eigenvalue weighted by molar-refractivity contribution is 6.16. The van der Waals surface area contributed by atoms with Crippen LogP contribution in [0.25, 0.3) is 0 Å². The highest BCUT2D eigenvalue weighted by Crippen LogP contribution is 2.44. The van der Waals surface area contributed by atoms with E-state index in [9.17, 15) is 14.7 Å². The van der Waals surface area contributed by atoms with Crippen LogP contribution in [-0.4, -0.2) is 22.8 Å². The first-order valence-corrected chi connectivity index (χ1v) is 8.95. The lowest BCUT2D eigenvalue weighted by molar-refractivity contribution is -0.127. The zero-order chi connectivity index (χ0) is 19.1. The fourth-order valence-electron chi connectivity index (χ4n) is 4.16. The summed E-state index contributed by atoms with van der Waals surface area (Å²) >= 11 is 0. The maximum absolute atomic E-state index is 13.5. The molecule has 0 bridgehead atoms. The van der Waals surface area contributed by atoms with Crippen molar-refractivity contribution in [2.24, 2.45) is 11.3 Å². The minimum Gasteiger partial charge on any atom is -0.507 e. The molecular formula is C22H25NO3. The van der Waals surface area contributed by atoms with Crippen molar-refractivity contribution in [3.63, 3.8) is 0 Å². The molecule has 0 radical (unpaired) electrons. The van der Waals surface area contributed by atoms with Gasteiger partial charge < -0.3 is 10.0 Å². The number of piperidine rings is 1. The zero-order valence-electron chi connectivity index (χ0n) is 15.7. The van der Waals surface area contributed by atoms with Crippen molar-refractivity contribution >= 4 is 17.4 Å². The van der Waals surface area contributed by atoms with Crippen LogP contribution in [0.2, 0.25) is 0 Å². The first-order valence-electron chi connectivity index (χ1n) is 8.95. The summed E-state index contributed by atoms with van der Waals surface area (Å²) in [4.78, 5) is 28.4. The van der Waals surface area contributed by atoms with E-state index in [-0.39, 0.29) is 29.0 Å². The quantitative estimate of drug-likeness (QED) is 0.660. The van der Waals surface area contributed by atoms with Gasteiger partial charge in [0.1, 0.15) is 11.7 Å². The van der Waals surface area contributed by atoms with Crippen molar-refractivity contribution in [2.45, 2.75) is 40.2 Å². The molecular weight excluding hydrogens is 326 g/mol. The number of ketones is 1. The van der Waals surface area contributed by atoms with Gasteiger partial charge in [-0.05, 0) is 49.4 Å². The summed E-state index contributed by atoms with van der Waals surface area (Å²) in [7, 11) is 0. The third-order valence-corrected chi connectivity index (χ3v) is 5.33. The third-order valence-electron chi connectivity index (χ3n) is 5.33. The molecule has 1 aliphatic rings. The average molecular weight is 351 g/mol. The Labute approximate surface area is 154 Å². The zero-order valence-corrected chi connectivity index (χ0v) is 15.7. The molecule has 1 N–H and O–H groups in total. The molecule has 2 aromatic rings. The van der Waals surface area contributed by atoms with Crippen molar-refractivity contribution in [1.29, 1.82) is 0 Å². The smallest absolute Gasteiger partial charge is 0.238 e. The second-order valence-corrected chi connectivity index (χ2v) is 7.85. The number of Topliss-reactive ketones (excluding diaryl/α,β-unsaturated/α-hetero) is 1. The van der Waals surface area contributed by atoms with E-state index in [1.807, 2.05) is 52.0 Å². The van der Waals surface area contributed by atoms with Gasteiger partial charge in [0, 0.05) is 11.7 Å². The van der Waals surface area contributed by atoms with Crippen LogP contribution in [0.3, 0.4) is 0 Å². The summed E-state index contributed by atoms with van der Waals surface area (Å²) in [5.74, 6) is -1.42. The monoisotopic (exact) mass is 351 g/mol. The van der Waals surface area contributed by atoms with Crippen LogP contribution in [0.5, 0.6) is 5.75 Å². The topological polar surface area (TPSA) is 57.6 Å². The Bertz CT molecular complexity index is 856. The van der Waals surface area contributed by atoms with Crippen molar-refractivity contribution in [3.05, 3.63) is 59.7 Å². The number of anilines is 1. The van der Waals surface area contributed by atoms with E-state index in [0.717, 1.165) is 11.3 Å². The van der Waals surface area contributed by atoms with Gasteiger partial charge in [0.15, 0.2) is 5.78 Å². The number of benzene rings is 2. The first kappa shape index (κ1) is 18.2. The number of carbonyl (C=O) groups is 2. The number of aryl methyl sites for hydroxylation is 1. The van der Waals surface area contributed by atoms with Crippen LogP contribution in [0.15, 0.2) is 48.5 Å². The number of para-hydroxylation sites is 2. The number of phenolic OH excluding ortho intramolecular Hbond substituents is 1. The van der Waals surface area contributed by atoms with E-state index in [4.69, 9.17) is 0 Å². The van der Waals surface area contributed by atoms with E-state index in [1.54, 1.807) is 23.1 Å². The molecule has 1 amide bonds. The molecule has 4 nitrogen and oxygen atoms in total. The predicted octanol–water partition coefficient (Wildman–Crippen LogP) is 4.35. The molecule has 1 heterocycles. The van der Waals surface area contributed by atoms with E-state index < -0.39 is 11.3 Å². The molecule has 3 rings (SSSR count). The second-order valence-electron chi connectivity index (χ2n) is 7.85. The van der Waals surface area contributed by atoms with Crippen molar-refractivity contribution in [3.8, 4) is 5.75 Å². The van der Waals surface area contributed by atoms with Crippen molar-refractivity contribution in [2.75, 3.05) is 4.90 Å². The summed E-state index contributed by atoms with van der Waals surface area (Å²) in [6.45, 7) is 7.90. The van der Waals surface area contributed by atoms with Gasteiger partial charge in [0.25, 0.3) is 0 Å². The molecule has 2 atom stereocenters. The highest BCUT2D eigenvalue weighted by atomic mass is 16.3. The minimum absolute atomic E-state index is 0.00739. The number of aromatic hydroxyl groups is 1. The van der Waals surface area contributed by atoms with Crippen LogP contribution in [0.1, 0.15) is 43.1 Å². The predicted molar refractivity (Wildman–Crippen MR) is 102 cm³/mol. The van der Waals surface area contributed by atoms with Gasteiger partial charge in [0.05, 0.1) is 5.56 Å². The lowest BCUT2D eigenvalue weighted by Gasteiger charge is -2.46. The van der Waals surface area contributed by atoms with E-state index in [1.165, 1.54) is 6.07 Å². The Hall–Kier alpha value is -2.62. The Balaban J connectivity index is 2.06. The van der Waals surface area contributed by atoms with Gasteiger partial charge in [-0.2, -0.15) is 0 Å². The Kier molecular flexibility index (Phi) is 4.61. The number of carbonyl (C=O) groups excluding carboxylic acids is 2. The maximum atomic E-state index is 13.5. The molecule has 1 saturated heterocycles. The third kappa shape index (κ3) is 3.00. The fraction of sp³-hybridized carbons (Fsp3) is 0.364. The van der Waals surface area contributed by atoms with Gasteiger partial charge in [-0.3, -0.25) is 9.59 Å². The molecule has 0 aliphatic carbocycles. The molecule has 0 spiro atoms. The van der Waals surface area contributed by atoms with Gasteiger partial charge >= 0.3 is 0 Å². The summed E-state index contributed by atoms with van der Waals surface area (Å²) in [6, 6.07) is 14.2. The minimum atomic E-state index is -0.827. The van der Waals surface area contributed by atoms with E-state index in [2.05, 4.69) is 0 Å². The molecule has 1 aliphatic heterocycles. The van der Waals surface area contributed by atoms with Crippen LogP contribution >= 0.6 is 0 Å². The number of rotatable bonds is 3. The lowest BCUT2D eigenvalue weighted by atomic mass is 9.67. The van der Waals surface area contributed by atoms with Crippen LogP contribution in [0, 0.1) is 18.3 Å². The fourth-order valence-corrected chi connectivity index (χ4v) is 4.16. The number of hydrogen-bond acceptors (Lipinski definition) is 3. The number of hydrogen-bond donors (Lipinski definition) is 1. The molecule has 0 saturated carbocycles. The molecule has 0 aromatic heterocycles.